The molecule has 0 saturated carbocycles. The Kier molecular flexibility index (Phi) is 3.33. The maximum absolute atomic E-state index is 12.4. The summed E-state index contributed by atoms with van der Waals surface area (Å²) in [7, 11) is 0. The lowest BCUT2D eigenvalue weighted by atomic mass is 9.88. The van der Waals surface area contributed by atoms with Crippen LogP contribution in [0, 0.1) is 21.4 Å². The highest BCUT2D eigenvalue weighted by atomic mass is 16.6. The van der Waals surface area contributed by atoms with E-state index in [1.165, 1.54) is 23.1 Å². The van der Waals surface area contributed by atoms with E-state index in [-0.39, 0.29) is 23.4 Å². The lowest BCUT2D eigenvalue weighted by Crippen LogP contribution is -2.41. The predicted molar refractivity (Wildman–Crippen MR) is 74.3 cm³/mol. The highest BCUT2D eigenvalue weighted by Crippen LogP contribution is 2.45. The molecule has 1 aliphatic heterocycles. The van der Waals surface area contributed by atoms with Crippen LogP contribution in [0.3, 0.4) is 0 Å². The van der Waals surface area contributed by atoms with Crippen LogP contribution in [0.2, 0.25) is 0 Å². The molecule has 0 radical (unpaired) electrons. The largest absolute Gasteiger partial charge is 0.371 e. The molecule has 7 heteroatoms. The minimum Gasteiger partial charge on any atom is -0.371 e. The number of nitro groups is 1. The topological polar surface area (TPSA) is 107 Å². The number of nitriles is 1. The molecule has 106 valence electrons. The number of aliphatic hydroxyl groups is 1. The summed E-state index contributed by atoms with van der Waals surface area (Å²) in [6.45, 7) is 7.01. The SMILES string of the molecule is C=CCN1C(=O)C(O)(C(=C)C#N)c2cc([N+](=O)[O-])ccc21. The molecule has 1 unspecified atom stereocenters. The first-order valence-electron chi connectivity index (χ1n) is 5.91. The Morgan fingerprint density at radius 2 is 2.29 bits per heavy atom. The summed E-state index contributed by atoms with van der Waals surface area (Å²) < 4.78 is 0. The van der Waals surface area contributed by atoms with Crippen molar-refractivity contribution in [1.29, 1.82) is 5.26 Å². The van der Waals surface area contributed by atoms with E-state index in [2.05, 4.69) is 13.2 Å². The smallest absolute Gasteiger partial charge is 0.269 e. The van der Waals surface area contributed by atoms with Gasteiger partial charge in [-0.1, -0.05) is 12.7 Å². The first kappa shape index (κ1) is 14.4. The Labute approximate surface area is 120 Å². The second-order valence-corrected chi connectivity index (χ2v) is 4.46. The van der Waals surface area contributed by atoms with Crippen molar-refractivity contribution in [3.05, 3.63) is 58.7 Å². The first-order valence-corrected chi connectivity index (χ1v) is 5.91. The zero-order chi connectivity index (χ0) is 15.8. The van der Waals surface area contributed by atoms with E-state index < -0.39 is 16.4 Å². The molecular formula is C14H11N3O4. The molecule has 0 saturated heterocycles. The van der Waals surface area contributed by atoms with E-state index in [9.17, 15) is 20.0 Å². The standard InChI is InChI=1S/C14H11N3O4/c1-3-6-16-12-5-4-10(17(20)21)7-11(12)14(19,13(16)18)9(2)8-15/h3-5,7,19H,1-2,6H2. The van der Waals surface area contributed by atoms with Gasteiger partial charge in [-0.15, -0.1) is 6.58 Å². The average Bonchev–Trinajstić information content (AvgIpc) is 2.69. The second-order valence-electron chi connectivity index (χ2n) is 4.46. The molecule has 1 amide bonds. The minimum absolute atomic E-state index is 0.0184. The molecule has 7 nitrogen and oxygen atoms in total. The van der Waals surface area contributed by atoms with Gasteiger partial charge in [-0.3, -0.25) is 14.9 Å². The summed E-state index contributed by atoms with van der Waals surface area (Å²) in [6, 6.07) is 5.31. The fourth-order valence-electron chi connectivity index (χ4n) is 2.27. The number of hydrogen-bond donors (Lipinski definition) is 1. The molecule has 1 heterocycles. The quantitative estimate of drug-likeness (QED) is 0.389. The van der Waals surface area contributed by atoms with E-state index in [1.54, 1.807) is 6.07 Å². The highest BCUT2D eigenvalue weighted by molar-refractivity contribution is 6.09. The number of nitro benzene ring substituents is 1. The van der Waals surface area contributed by atoms with E-state index in [1.807, 2.05) is 0 Å². The number of carbonyl (C=O) groups excluding carboxylic acids is 1. The number of non-ortho nitro benzene ring substituents is 1. The van der Waals surface area contributed by atoms with Gasteiger partial charge in [-0.2, -0.15) is 5.26 Å². The van der Waals surface area contributed by atoms with Gasteiger partial charge in [-0.05, 0) is 6.07 Å². The summed E-state index contributed by atoms with van der Waals surface area (Å²) in [4.78, 5) is 23.8. The molecule has 0 spiro atoms. The van der Waals surface area contributed by atoms with Gasteiger partial charge >= 0.3 is 0 Å². The van der Waals surface area contributed by atoms with Crippen molar-refractivity contribution in [3.8, 4) is 6.07 Å². The minimum atomic E-state index is -2.28. The fraction of sp³-hybridized carbons (Fsp3) is 0.143. The number of anilines is 1. The number of carbonyl (C=O) groups is 1. The zero-order valence-corrected chi connectivity index (χ0v) is 10.9. The summed E-state index contributed by atoms with van der Waals surface area (Å²) in [5.74, 6) is -0.774. The van der Waals surface area contributed by atoms with Crippen LogP contribution in [0.25, 0.3) is 0 Å². The number of nitrogens with zero attached hydrogens (tertiary/aromatic N) is 3. The predicted octanol–water partition coefficient (Wildman–Crippen LogP) is 1.39. The molecule has 0 bridgehead atoms. The van der Waals surface area contributed by atoms with Crippen LogP contribution in [-0.2, 0) is 10.4 Å². The molecule has 0 aliphatic carbocycles. The van der Waals surface area contributed by atoms with Gasteiger partial charge in [0, 0.05) is 24.2 Å². The summed E-state index contributed by atoms with van der Waals surface area (Å²) in [5, 5.41) is 30.4. The molecule has 0 fully saturated rings. The van der Waals surface area contributed by atoms with Gasteiger partial charge in [0.1, 0.15) is 0 Å². The average molecular weight is 285 g/mol. The van der Waals surface area contributed by atoms with Gasteiger partial charge in [-0.25, -0.2) is 0 Å². The van der Waals surface area contributed by atoms with Gasteiger partial charge in [0.15, 0.2) is 0 Å². The van der Waals surface area contributed by atoms with Gasteiger partial charge in [0.2, 0.25) is 5.60 Å². The molecule has 2 rings (SSSR count). The number of hydrogen-bond acceptors (Lipinski definition) is 5. The van der Waals surface area contributed by atoms with Crippen molar-refractivity contribution in [2.75, 3.05) is 11.4 Å². The molecule has 1 aromatic rings. The molecule has 21 heavy (non-hydrogen) atoms. The van der Waals surface area contributed by atoms with Gasteiger partial charge < -0.3 is 10.0 Å². The van der Waals surface area contributed by atoms with Gasteiger partial charge in [0.25, 0.3) is 11.6 Å². The zero-order valence-electron chi connectivity index (χ0n) is 10.9. The van der Waals surface area contributed by atoms with Crippen molar-refractivity contribution in [2.24, 2.45) is 0 Å². The number of fused-ring (bicyclic) bond motifs is 1. The van der Waals surface area contributed by atoms with E-state index >= 15 is 0 Å². The third-order valence-corrected chi connectivity index (χ3v) is 3.31. The van der Waals surface area contributed by atoms with Crippen molar-refractivity contribution in [1.82, 2.24) is 0 Å². The van der Waals surface area contributed by atoms with Crippen LogP contribution >= 0.6 is 0 Å². The number of amides is 1. The van der Waals surface area contributed by atoms with Crippen molar-refractivity contribution in [2.45, 2.75) is 5.60 Å². The van der Waals surface area contributed by atoms with Crippen molar-refractivity contribution >= 4 is 17.3 Å². The van der Waals surface area contributed by atoms with Crippen LogP contribution in [0.5, 0.6) is 0 Å². The van der Waals surface area contributed by atoms with Crippen LogP contribution < -0.4 is 4.90 Å². The fourth-order valence-corrected chi connectivity index (χ4v) is 2.27. The van der Waals surface area contributed by atoms with Crippen LogP contribution in [0.4, 0.5) is 11.4 Å². The molecule has 1 atom stereocenters. The number of rotatable bonds is 4. The van der Waals surface area contributed by atoms with Crippen molar-refractivity contribution < 1.29 is 14.8 Å². The monoisotopic (exact) mass is 285 g/mol. The third kappa shape index (κ3) is 1.89. The Hall–Kier alpha value is -2.98. The summed E-state index contributed by atoms with van der Waals surface area (Å²) >= 11 is 0. The van der Waals surface area contributed by atoms with Crippen LogP contribution in [0.1, 0.15) is 5.56 Å². The highest BCUT2D eigenvalue weighted by Gasteiger charge is 2.52. The third-order valence-electron chi connectivity index (χ3n) is 3.31. The molecule has 1 aliphatic rings. The number of benzene rings is 1. The molecule has 0 aromatic heterocycles. The second kappa shape index (κ2) is 4.85. The normalized spacial score (nSPS) is 19.8. The summed E-state index contributed by atoms with van der Waals surface area (Å²) in [6.07, 6.45) is 1.45. The maximum Gasteiger partial charge on any atom is 0.269 e. The van der Waals surface area contributed by atoms with E-state index in [0.717, 1.165) is 6.07 Å². The first-order chi connectivity index (χ1) is 9.87. The molecular weight excluding hydrogens is 274 g/mol. The van der Waals surface area contributed by atoms with Crippen molar-refractivity contribution in [3.63, 3.8) is 0 Å². The van der Waals surface area contributed by atoms with Crippen LogP contribution in [0.15, 0.2) is 43.0 Å². The molecule has 1 aromatic carbocycles. The van der Waals surface area contributed by atoms with E-state index in [0.29, 0.717) is 5.69 Å². The molecule has 1 N–H and O–H groups in total. The lowest BCUT2D eigenvalue weighted by Gasteiger charge is -2.21. The lowest BCUT2D eigenvalue weighted by molar-refractivity contribution is -0.385. The van der Waals surface area contributed by atoms with Crippen LogP contribution in [-0.4, -0.2) is 22.5 Å². The Morgan fingerprint density at radius 3 is 2.81 bits per heavy atom. The Bertz CT molecular complexity index is 719. The Morgan fingerprint density at radius 1 is 1.62 bits per heavy atom. The maximum atomic E-state index is 12.4. The van der Waals surface area contributed by atoms with Gasteiger partial charge in [0.05, 0.1) is 22.3 Å². The Balaban J connectivity index is 2.73. The summed E-state index contributed by atoms with van der Waals surface area (Å²) in [5.41, 5.74) is -2.68. The van der Waals surface area contributed by atoms with E-state index in [4.69, 9.17) is 5.26 Å².